The number of benzene rings is 2. The molecule has 0 amide bonds. The second-order valence-corrected chi connectivity index (χ2v) is 6.62. The molecule has 0 aliphatic rings. The molecular weight excluding hydrogens is 294 g/mol. The Labute approximate surface area is 142 Å². The van der Waals surface area contributed by atoms with Crippen LogP contribution in [0.5, 0.6) is 0 Å². The SMILES string of the molecule is CCCCCCn1c2ccc(C)cc2c2nc3ccccc3nc21. The molecule has 2 heterocycles. The first-order valence-electron chi connectivity index (χ1n) is 8.93. The van der Waals surface area contributed by atoms with Crippen LogP contribution in [0.4, 0.5) is 0 Å². The number of fused-ring (bicyclic) bond motifs is 4. The van der Waals surface area contributed by atoms with Crippen molar-refractivity contribution < 1.29 is 0 Å². The Balaban J connectivity index is 1.94. The van der Waals surface area contributed by atoms with Gasteiger partial charge in [-0.05, 0) is 37.6 Å². The minimum atomic E-state index is 0.969. The second-order valence-electron chi connectivity index (χ2n) is 6.62. The molecule has 2 aromatic heterocycles. The van der Waals surface area contributed by atoms with Crippen LogP contribution in [0.25, 0.3) is 33.1 Å². The molecule has 3 nitrogen and oxygen atoms in total. The van der Waals surface area contributed by atoms with Gasteiger partial charge in [0.15, 0.2) is 5.65 Å². The van der Waals surface area contributed by atoms with Crippen LogP contribution in [0.3, 0.4) is 0 Å². The minimum absolute atomic E-state index is 0.969. The summed E-state index contributed by atoms with van der Waals surface area (Å²) >= 11 is 0. The summed E-state index contributed by atoms with van der Waals surface area (Å²) in [5.41, 5.74) is 6.51. The smallest absolute Gasteiger partial charge is 0.160 e. The van der Waals surface area contributed by atoms with Crippen LogP contribution in [0.1, 0.15) is 38.2 Å². The number of para-hydroxylation sites is 2. The molecule has 0 saturated heterocycles. The molecule has 0 N–H and O–H groups in total. The fourth-order valence-corrected chi connectivity index (χ4v) is 3.47. The standard InChI is InChI=1S/C21H23N3/c1-3-4-5-8-13-24-19-12-11-15(2)14-16(19)20-21(24)23-18-10-7-6-9-17(18)22-20/h6-7,9-12,14H,3-5,8,13H2,1-2H3. The van der Waals surface area contributed by atoms with Crippen LogP contribution in [-0.2, 0) is 6.54 Å². The zero-order valence-corrected chi connectivity index (χ0v) is 14.4. The number of aromatic nitrogens is 3. The molecule has 0 radical (unpaired) electrons. The van der Waals surface area contributed by atoms with Gasteiger partial charge in [-0.25, -0.2) is 9.97 Å². The van der Waals surface area contributed by atoms with E-state index >= 15 is 0 Å². The lowest BCUT2D eigenvalue weighted by atomic mass is 10.1. The van der Waals surface area contributed by atoms with Crippen molar-refractivity contribution in [3.05, 3.63) is 48.0 Å². The van der Waals surface area contributed by atoms with Crippen LogP contribution in [0.2, 0.25) is 0 Å². The van der Waals surface area contributed by atoms with Gasteiger partial charge in [0.05, 0.1) is 16.6 Å². The van der Waals surface area contributed by atoms with Crippen molar-refractivity contribution in [2.24, 2.45) is 0 Å². The van der Waals surface area contributed by atoms with Gasteiger partial charge in [0, 0.05) is 11.9 Å². The summed E-state index contributed by atoms with van der Waals surface area (Å²) in [5, 5.41) is 1.22. The number of nitrogens with zero attached hydrogens (tertiary/aromatic N) is 3. The quantitative estimate of drug-likeness (QED) is 0.447. The molecule has 0 atom stereocenters. The topological polar surface area (TPSA) is 30.7 Å². The minimum Gasteiger partial charge on any atom is -0.324 e. The third kappa shape index (κ3) is 2.54. The maximum absolute atomic E-state index is 4.94. The van der Waals surface area contributed by atoms with Crippen LogP contribution < -0.4 is 0 Å². The number of rotatable bonds is 5. The molecule has 4 rings (SSSR count). The first-order chi connectivity index (χ1) is 11.8. The van der Waals surface area contributed by atoms with Crippen molar-refractivity contribution in [1.82, 2.24) is 14.5 Å². The molecule has 0 bridgehead atoms. The predicted octanol–water partition coefficient (Wildman–Crippen LogP) is 5.63. The molecule has 0 fully saturated rings. The van der Waals surface area contributed by atoms with E-state index in [1.165, 1.54) is 42.1 Å². The summed E-state index contributed by atoms with van der Waals surface area (Å²) in [6.45, 7) is 5.40. The third-order valence-electron chi connectivity index (χ3n) is 4.74. The van der Waals surface area contributed by atoms with Crippen molar-refractivity contribution in [1.29, 1.82) is 0 Å². The van der Waals surface area contributed by atoms with Gasteiger partial charge in [-0.2, -0.15) is 0 Å². The summed E-state index contributed by atoms with van der Waals surface area (Å²) < 4.78 is 2.36. The van der Waals surface area contributed by atoms with E-state index in [2.05, 4.69) is 36.6 Å². The van der Waals surface area contributed by atoms with Crippen LogP contribution in [0.15, 0.2) is 42.5 Å². The van der Waals surface area contributed by atoms with E-state index in [0.29, 0.717) is 0 Å². The molecule has 0 aliphatic carbocycles. The summed E-state index contributed by atoms with van der Waals surface area (Å²) in [6.07, 6.45) is 5.02. The molecule has 0 saturated carbocycles. The van der Waals surface area contributed by atoms with Gasteiger partial charge in [-0.1, -0.05) is 49.9 Å². The van der Waals surface area contributed by atoms with Crippen LogP contribution >= 0.6 is 0 Å². The lowest BCUT2D eigenvalue weighted by Crippen LogP contribution is -1.99. The highest BCUT2D eigenvalue weighted by Crippen LogP contribution is 2.29. The lowest BCUT2D eigenvalue weighted by molar-refractivity contribution is 0.600. The average molecular weight is 317 g/mol. The molecule has 0 aliphatic heterocycles. The average Bonchev–Trinajstić information content (AvgIpc) is 2.89. The summed E-state index contributed by atoms with van der Waals surface area (Å²) in [4.78, 5) is 9.87. The van der Waals surface area contributed by atoms with Crippen molar-refractivity contribution in [2.75, 3.05) is 0 Å². The van der Waals surface area contributed by atoms with E-state index in [4.69, 9.17) is 9.97 Å². The van der Waals surface area contributed by atoms with Crippen molar-refractivity contribution >= 4 is 33.1 Å². The molecule has 122 valence electrons. The van der Waals surface area contributed by atoms with Gasteiger partial charge < -0.3 is 4.57 Å². The molecule has 2 aromatic carbocycles. The Bertz CT molecular complexity index is 1010. The molecule has 4 aromatic rings. The van der Waals surface area contributed by atoms with E-state index in [1.807, 2.05) is 24.3 Å². The van der Waals surface area contributed by atoms with Crippen LogP contribution in [0, 0.1) is 6.92 Å². The summed E-state index contributed by atoms with van der Waals surface area (Å²) in [7, 11) is 0. The molecule has 0 spiro atoms. The van der Waals surface area contributed by atoms with Crippen molar-refractivity contribution in [3.63, 3.8) is 0 Å². The van der Waals surface area contributed by atoms with E-state index in [1.54, 1.807) is 0 Å². The first kappa shape index (κ1) is 15.1. The molecular formula is C21H23N3. The highest BCUT2D eigenvalue weighted by molar-refractivity contribution is 6.06. The maximum atomic E-state index is 4.94. The zero-order chi connectivity index (χ0) is 16.5. The zero-order valence-electron chi connectivity index (χ0n) is 14.4. The molecule has 24 heavy (non-hydrogen) atoms. The van der Waals surface area contributed by atoms with Gasteiger partial charge in [-0.15, -0.1) is 0 Å². The number of unbranched alkanes of at least 4 members (excludes halogenated alkanes) is 3. The number of aryl methyl sites for hydroxylation is 2. The van der Waals surface area contributed by atoms with Gasteiger partial charge >= 0.3 is 0 Å². The third-order valence-corrected chi connectivity index (χ3v) is 4.74. The van der Waals surface area contributed by atoms with Gasteiger partial charge in [0.1, 0.15) is 5.52 Å². The molecule has 0 unspecified atom stereocenters. The normalized spacial score (nSPS) is 11.8. The Morgan fingerprint density at radius 3 is 2.50 bits per heavy atom. The molecule has 3 heteroatoms. The maximum Gasteiger partial charge on any atom is 0.160 e. The Kier molecular flexibility index (Phi) is 3.93. The lowest BCUT2D eigenvalue weighted by Gasteiger charge is -2.07. The van der Waals surface area contributed by atoms with Crippen molar-refractivity contribution in [3.8, 4) is 0 Å². The fraction of sp³-hybridized carbons (Fsp3) is 0.333. The van der Waals surface area contributed by atoms with Crippen LogP contribution in [-0.4, -0.2) is 14.5 Å². The number of hydrogen-bond acceptors (Lipinski definition) is 2. The van der Waals surface area contributed by atoms with Gasteiger partial charge in [0.25, 0.3) is 0 Å². The second kappa shape index (κ2) is 6.23. The highest BCUT2D eigenvalue weighted by atomic mass is 15.1. The number of hydrogen-bond donors (Lipinski definition) is 0. The van der Waals surface area contributed by atoms with Gasteiger partial charge in [0.2, 0.25) is 0 Å². The van der Waals surface area contributed by atoms with Gasteiger partial charge in [-0.3, -0.25) is 0 Å². The summed E-state index contributed by atoms with van der Waals surface area (Å²) in [6, 6.07) is 14.8. The van der Waals surface area contributed by atoms with E-state index < -0.39 is 0 Å². The van der Waals surface area contributed by atoms with Crippen molar-refractivity contribution in [2.45, 2.75) is 46.1 Å². The fourth-order valence-electron chi connectivity index (χ4n) is 3.47. The monoisotopic (exact) mass is 317 g/mol. The predicted molar refractivity (Wildman–Crippen MR) is 101 cm³/mol. The largest absolute Gasteiger partial charge is 0.324 e. The highest BCUT2D eigenvalue weighted by Gasteiger charge is 2.14. The summed E-state index contributed by atoms with van der Waals surface area (Å²) in [5.74, 6) is 0. The van der Waals surface area contributed by atoms with E-state index in [0.717, 1.165) is 28.7 Å². The Morgan fingerprint density at radius 1 is 0.917 bits per heavy atom. The first-order valence-corrected chi connectivity index (χ1v) is 8.93. The van der Waals surface area contributed by atoms with E-state index in [-0.39, 0.29) is 0 Å². The van der Waals surface area contributed by atoms with E-state index in [9.17, 15) is 0 Å². The Hall–Kier alpha value is -2.42. The Morgan fingerprint density at radius 2 is 1.71 bits per heavy atom.